The molecule has 1 unspecified atom stereocenters. The van der Waals surface area contributed by atoms with E-state index in [1.54, 1.807) is 0 Å². The van der Waals surface area contributed by atoms with Gasteiger partial charge in [-0.25, -0.2) is 17.5 Å². The summed E-state index contributed by atoms with van der Waals surface area (Å²) in [6.45, 7) is 0.874. The Morgan fingerprint density at radius 3 is 2.41 bits per heavy atom. The Kier molecular flexibility index (Phi) is 4.46. The molecule has 2 fully saturated rings. The van der Waals surface area contributed by atoms with Gasteiger partial charge in [-0.2, -0.15) is 0 Å². The minimum Gasteiger partial charge on any atom is -0.380 e. The maximum atomic E-state index is 12.0. The Labute approximate surface area is 108 Å². The van der Waals surface area contributed by atoms with Crippen molar-refractivity contribution in [2.45, 2.75) is 49.4 Å². The largest absolute Gasteiger partial charge is 0.380 e. The molecule has 1 heterocycles. The van der Waals surface area contributed by atoms with Gasteiger partial charge in [0.05, 0.1) is 12.6 Å². The molecule has 5 nitrogen and oxygen atoms in total. The molecule has 17 heavy (non-hydrogen) atoms. The zero-order chi connectivity index (χ0) is 12.3. The van der Waals surface area contributed by atoms with Crippen LogP contribution in [0.15, 0.2) is 4.36 Å². The lowest BCUT2D eigenvalue weighted by Gasteiger charge is -2.27. The number of rotatable bonds is 4. The number of hydrogen-bond acceptors (Lipinski definition) is 5. The van der Waals surface area contributed by atoms with Crippen LogP contribution in [0.3, 0.4) is 0 Å². The highest BCUT2D eigenvalue weighted by Gasteiger charge is 2.32. The van der Waals surface area contributed by atoms with E-state index in [2.05, 4.69) is 21.5 Å². The first-order chi connectivity index (χ1) is 8.12. The van der Waals surface area contributed by atoms with Crippen molar-refractivity contribution in [1.29, 1.82) is 0 Å². The van der Waals surface area contributed by atoms with Gasteiger partial charge >= 0.3 is 0 Å². The molecule has 1 saturated carbocycles. The molecular formula is C10H18N2O3S2. The molecule has 1 atom stereocenters. The topological polar surface area (TPSA) is 67.8 Å². The summed E-state index contributed by atoms with van der Waals surface area (Å²) < 4.78 is 35.8. The Bertz CT molecular complexity index is 358. The summed E-state index contributed by atoms with van der Waals surface area (Å²) in [6, 6.07) is 0.286. The number of ether oxygens (including phenoxy) is 1. The molecule has 0 radical (unpaired) electrons. The van der Waals surface area contributed by atoms with Crippen molar-refractivity contribution >= 4 is 22.4 Å². The van der Waals surface area contributed by atoms with Crippen LogP contribution in [0.5, 0.6) is 0 Å². The van der Waals surface area contributed by atoms with Gasteiger partial charge in [0.2, 0.25) is 10.0 Å². The summed E-state index contributed by atoms with van der Waals surface area (Å²) in [6.07, 6.45) is 4.04. The van der Waals surface area contributed by atoms with Crippen molar-refractivity contribution in [3.63, 3.8) is 0 Å². The third-order valence-corrected chi connectivity index (χ3v) is 5.71. The van der Waals surface area contributed by atoms with Crippen LogP contribution in [0.25, 0.3) is 0 Å². The second-order valence-electron chi connectivity index (χ2n) is 4.76. The van der Waals surface area contributed by atoms with Gasteiger partial charge in [-0.3, -0.25) is 0 Å². The Morgan fingerprint density at radius 1 is 1.18 bits per heavy atom. The van der Waals surface area contributed by atoms with E-state index in [1.807, 2.05) is 0 Å². The van der Waals surface area contributed by atoms with Gasteiger partial charge in [0.15, 0.2) is 0 Å². The third kappa shape index (κ3) is 3.43. The summed E-state index contributed by atoms with van der Waals surface area (Å²) in [4.78, 5) is 0. The zero-order valence-electron chi connectivity index (χ0n) is 9.67. The van der Waals surface area contributed by atoms with Gasteiger partial charge in [0, 0.05) is 25.1 Å². The molecule has 0 amide bonds. The van der Waals surface area contributed by atoms with E-state index in [1.165, 1.54) is 0 Å². The van der Waals surface area contributed by atoms with Gasteiger partial charge in [-0.1, -0.05) is 0 Å². The molecule has 0 aromatic carbocycles. The molecule has 2 aliphatic rings. The van der Waals surface area contributed by atoms with Crippen LogP contribution in [0.1, 0.15) is 32.1 Å². The van der Waals surface area contributed by atoms with E-state index in [0.717, 1.165) is 25.7 Å². The minimum absolute atomic E-state index is 0.0496. The van der Waals surface area contributed by atoms with Gasteiger partial charge in [0.25, 0.3) is 0 Å². The summed E-state index contributed by atoms with van der Waals surface area (Å²) in [5.41, 5.74) is 0. The van der Waals surface area contributed by atoms with Crippen LogP contribution >= 0.6 is 0 Å². The number of nitrogens with one attached hydrogen (secondary N) is 1. The highest BCUT2D eigenvalue weighted by molar-refractivity contribution is 7.90. The van der Waals surface area contributed by atoms with E-state index >= 15 is 0 Å². The van der Waals surface area contributed by atoms with Crippen molar-refractivity contribution < 1.29 is 13.2 Å². The maximum Gasteiger partial charge on any atom is 0.217 e. The smallest absolute Gasteiger partial charge is 0.217 e. The lowest BCUT2D eigenvalue weighted by atomic mass is 9.93. The van der Waals surface area contributed by atoms with Gasteiger partial charge in [0.1, 0.15) is 5.25 Å². The molecule has 98 valence electrons. The SMILES string of the molecule is O=S(=O)(NC1CCC(N=S)CC1)C1CCOC1. The van der Waals surface area contributed by atoms with Crippen molar-refractivity contribution in [2.24, 2.45) is 4.36 Å². The average Bonchev–Trinajstić information content (AvgIpc) is 2.84. The van der Waals surface area contributed by atoms with E-state index in [-0.39, 0.29) is 17.3 Å². The molecule has 0 bridgehead atoms. The van der Waals surface area contributed by atoms with Crippen LogP contribution in [0, 0.1) is 0 Å². The molecule has 1 aliphatic heterocycles. The fraction of sp³-hybridized carbons (Fsp3) is 1.00. The van der Waals surface area contributed by atoms with Gasteiger partial charge in [-0.05, 0) is 32.1 Å². The number of hydrogen-bond donors (Lipinski definition) is 1. The molecule has 1 saturated heterocycles. The first kappa shape index (κ1) is 13.3. The third-order valence-electron chi connectivity index (χ3n) is 3.50. The highest BCUT2D eigenvalue weighted by Crippen LogP contribution is 2.23. The van der Waals surface area contributed by atoms with Gasteiger partial charge in [-0.15, -0.1) is 0 Å². The van der Waals surface area contributed by atoms with Crippen molar-refractivity contribution in [3.8, 4) is 0 Å². The second-order valence-corrected chi connectivity index (χ2v) is 6.96. The molecule has 0 aromatic rings. The van der Waals surface area contributed by atoms with Crippen LogP contribution < -0.4 is 4.72 Å². The summed E-state index contributed by atoms with van der Waals surface area (Å²) in [5, 5.41) is -0.371. The lowest BCUT2D eigenvalue weighted by molar-refractivity contribution is 0.198. The summed E-state index contributed by atoms with van der Waals surface area (Å²) >= 11 is 4.68. The van der Waals surface area contributed by atoms with Crippen LogP contribution in [-0.4, -0.2) is 39.0 Å². The molecule has 0 aromatic heterocycles. The van der Waals surface area contributed by atoms with Crippen molar-refractivity contribution in [2.75, 3.05) is 13.2 Å². The molecule has 7 heteroatoms. The monoisotopic (exact) mass is 278 g/mol. The molecule has 1 aliphatic carbocycles. The Morgan fingerprint density at radius 2 is 1.88 bits per heavy atom. The predicted octanol–water partition coefficient (Wildman–Crippen LogP) is 0.736. The fourth-order valence-corrected chi connectivity index (χ4v) is 4.17. The van der Waals surface area contributed by atoms with E-state index in [4.69, 9.17) is 4.74 Å². The molecule has 0 spiro atoms. The van der Waals surface area contributed by atoms with E-state index < -0.39 is 10.0 Å². The maximum absolute atomic E-state index is 12.0. The predicted molar refractivity (Wildman–Crippen MR) is 67.1 cm³/mol. The van der Waals surface area contributed by atoms with Gasteiger partial charge < -0.3 is 4.74 Å². The van der Waals surface area contributed by atoms with Crippen molar-refractivity contribution in [3.05, 3.63) is 0 Å². The summed E-state index contributed by atoms with van der Waals surface area (Å²) in [5.74, 6) is 0. The van der Waals surface area contributed by atoms with Crippen molar-refractivity contribution in [1.82, 2.24) is 4.72 Å². The average molecular weight is 278 g/mol. The molecule has 2 rings (SSSR count). The van der Waals surface area contributed by atoms with E-state index in [9.17, 15) is 8.42 Å². The quantitative estimate of drug-likeness (QED) is 0.823. The molecule has 1 N–H and O–H groups in total. The standard InChI is InChI=1S/C10H18N2O3S2/c13-17(14,10-5-6-15-7-10)12-9-3-1-8(11-16)2-4-9/h8-10,12H,1-7H2. The normalized spacial score (nSPS) is 34.7. The second kappa shape index (κ2) is 5.69. The Hall–Kier alpha value is -0.110. The van der Waals surface area contributed by atoms with Crippen LogP contribution in [-0.2, 0) is 27.2 Å². The fourth-order valence-electron chi connectivity index (χ4n) is 2.39. The number of nitrogens with zero attached hydrogens (tertiary/aromatic N) is 1. The molecular weight excluding hydrogens is 260 g/mol. The number of sulfonamides is 1. The van der Waals surface area contributed by atoms with E-state index in [0.29, 0.717) is 19.6 Å². The van der Waals surface area contributed by atoms with Crippen LogP contribution in [0.4, 0.5) is 0 Å². The Balaban J connectivity index is 1.86. The van der Waals surface area contributed by atoms with Crippen LogP contribution in [0.2, 0.25) is 0 Å². The lowest BCUT2D eigenvalue weighted by Crippen LogP contribution is -2.43. The zero-order valence-corrected chi connectivity index (χ0v) is 11.3. The minimum atomic E-state index is -3.22. The first-order valence-electron chi connectivity index (χ1n) is 6.03. The first-order valence-corrected chi connectivity index (χ1v) is 7.94. The summed E-state index contributed by atoms with van der Waals surface area (Å²) in [7, 11) is -3.22. The highest BCUT2D eigenvalue weighted by atomic mass is 32.2.